The predicted molar refractivity (Wildman–Crippen MR) is 81.5 cm³/mol. The van der Waals surface area contributed by atoms with Gasteiger partial charge in [0.15, 0.2) is 5.82 Å². The molecule has 0 amide bonds. The van der Waals surface area contributed by atoms with E-state index in [-0.39, 0.29) is 16.5 Å². The van der Waals surface area contributed by atoms with Gasteiger partial charge in [-0.1, -0.05) is 23.2 Å². The summed E-state index contributed by atoms with van der Waals surface area (Å²) in [6, 6.07) is 9.55. The van der Waals surface area contributed by atoms with E-state index in [1.54, 1.807) is 30.3 Å². The maximum absolute atomic E-state index is 14.1. The fourth-order valence-corrected chi connectivity index (χ4v) is 2.39. The maximum atomic E-state index is 14.1. The van der Waals surface area contributed by atoms with Crippen molar-refractivity contribution in [2.45, 2.75) is 0 Å². The first-order chi connectivity index (χ1) is 10.1. The minimum absolute atomic E-state index is 0.204. The molecule has 0 aliphatic heterocycles. The molecule has 21 heavy (non-hydrogen) atoms. The van der Waals surface area contributed by atoms with Crippen LogP contribution < -0.4 is 4.74 Å². The first-order valence-electron chi connectivity index (χ1n) is 6.05. The maximum Gasteiger partial charge on any atom is 0.164 e. The molecule has 0 N–H and O–H groups in total. The molecule has 3 aromatic rings. The highest BCUT2D eigenvalue weighted by atomic mass is 35.5. The number of fused-ring (bicyclic) bond motifs is 1. The van der Waals surface area contributed by atoms with Crippen molar-refractivity contribution in [3.63, 3.8) is 0 Å². The monoisotopic (exact) mass is 322 g/mol. The molecule has 0 spiro atoms. The van der Waals surface area contributed by atoms with Crippen LogP contribution in [0.3, 0.4) is 0 Å². The minimum Gasteiger partial charge on any atom is -0.497 e. The van der Waals surface area contributed by atoms with Crippen LogP contribution in [0.2, 0.25) is 10.2 Å². The van der Waals surface area contributed by atoms with E-state index in [0.717, 1.165) is 0 Å². The van der Waals surface area contributed by atoms with E-state index in [1.807, 2.05) is 0 Å². The van der Waals surface area contributed by atoms with Gasteiger partial charge in [0.05, 0.1) is 18.2 Å². The van der Waals surface area contributed by atoms with Crippen LogP contribution in [-0.4, -0.2) is 17.1 Å². The molecule has 106 valence electrons. The molecular weight excluding hydrogens is 314 g/mol. The average molecular weight is 323 g/mol. The summed E-state index contributed by atoms with van der Waals surface area (Å²) in [6.45, 7) is 0. The van der Waals surface area contributed by atoms with E-state index in [1.165, 1.54) is 13.2 Å². The molecule has 1 heterocycles. The number of ether oxygens (including phenoxy) is 1. The Balaban J connectivity index is 2.21. The fraction of sp³-hybridized carbons (Fsp3) is 0.0667. The van der Waals surface area contributed by atoms with E-state index in [2.05, 4.69) is 9.97 Å². The summed E-state index contributed by atoms with van der Waals surface area (Å²) in [7, 11) is 1.47. The van der Waals surface area contributed by atoms with E-state index < -0.39 is 5.82 Å². The van der Waals surface area contributed by atoms with Gasteiger partial charge in [-0.2, -0.15) is 0 Å². The number of hydrogen-bond acceptors (Lipinski definition) is 3. The first kappa shape index (κ1) is 14.0. The SMILES string of the molecule is COc1ccc(-c2nc(Cl)c3ccc(Cl)cc3n2)c(F)c1. The highest BCUT2D eigenvalue weighted by Gasteiger charge is 2.13. The molecule has 0 radical (unpaired) electrons. The summed E-state index contributed by atoms with van der Waals surface area (Å²) in [5.41, 5.74) is 0.812. The van der Waals surface area contributed by atoms with Crippen LogP contribution in [0, 0.1) is 5.82 Å². The third-order valence-electron chi connectivity index (χ3n) is 3.03. The molecule has 0 saturated heterocycles. The lowest BCUT2D eigenvalue weighted by atomic mass is 10.1. The second kappa shape index (κ2) is 5.47. The Morgan fingerprint density at radius 1 is 1.05 bits per heavy atom. The summed E-state index contributed by atoms with van der Waals surface area (Å²) in [5, 5.41) is 1.44. The van der Waals surface area contributed by atoms with E-state index in [9.17, 15) is 4.39 Å². The van der Waals surface area contributed by atoms with Crippen molar-refractivity contribution in [3.05, 3.63) is 52.4 Å². The van der Waals surface area contributed by atoms with Gasteiger partial charge in [0.25, 0.3) is 0 Å². The summed E-state index contributed by atoms with van der Waals surface area (Å²) in [4.78, 5) is 8.47. The zero-order chi connectivity index (χ0) is 15.0. The molecule has 3 nitrogen and oxygen atoms in total. The van der Waals surface area contributed by atoms with Crippen LogP contribution in [-0.2, 0) is 0 Å². The smallest absolute Gasteiger partial charge is 0.164 e. The number of methoxy groups -OCH3 is 1. The Hall–Kier alpha value is -1.91. The molecule has 2 aromatic carbocycles. The normalized spacial score (nSPS) is 10.9. The molecular formula is C15H9Cl2FN2O. The summed E-state index contributed by atoms with van der Waals surface area (Å²) in [6.07, 6.45) is 0. The van der Waals surface area contributed by atoms with Gasteiger partial charge in [-0.3, -0.25) is 0 Å². The van der Waals surface area contributed by atoms with Crippen LogP contribution in [0.15, 0.2) is 36.4 Å². The Morgan fingerprint density at radius 3 is 2.57 bits per heavy atom. The molecule has 0 bridgehead atoms. The van der Waals surface area contributed by atoms with Crippen LogP contribution >= 0.6 is 23.2 Å². The van der Waals surface area contributed by atoms with Crippen molar-refractivity contribution in [2.75, 3.05) is 7.11 Å². The summed E-state index contributed by atoms with van der Waals surface area (Å²) in [5.74, 6) is 0.146. The van der Waals surface area contributed by atoms with Crippen LogP contribution in [0.1, 0.15) is 0 Å². The summed E-state index contributed by atoms with van der Waals surface area (Å²) < 4.78 is 19.1. The molecule has 0 saturated carbocycles. The van der Waals surface area contributed by atoms with Crippen LogP contribution in [0.25, 0.3) is 22.3 Å². The van der Waals surface area contributed by atoms with Crippen molar-refractivity contribution >= 4 is 34.1 Å². The van der Waals surface area contributed by atoms with Gasteiger partial charge in [0.1, 0.15) is 16.7 Å². The van der Waals surface area contributed by atoms with Gasteiger partial charge < -0.3 is 4.74 Å². The molecule has 0 fully saturated rings. The van der Waals surface area contributed by atoms with Gasteiger partial charge in [0, 0.05) is 16.5 Å². The largest absolute Gasteiger partial charge is 0.497 e. The van der Waals surface area contributed by atoms with Crippen LogP contribution in [0.4, 0.5) is 4.39 Å². The third kappa shape index (κ3) is 2.64. The Bertz CT molecular complexity index is 839. The minimum atomic E-state index is -0.480. The number of benzene rings is 2. The average Bonchev–Trinajstić information content (AvgIpc) is 2.46. The van der Waals surface area contributed by atoms with E-state index in [0.29, 0.717) is 21.7 Å². The lowest BCUT2D eigenvalue weighted by Crippen LogP contribution is -1.95. The molecule has 0 aliphatic rings. The van der Waals surface area contributed by atoms with Gasteiger partial charge in [0.2, 0.25) is 0 Å². The number of nitrogens with zero attached hydrogens (tertiary/aromatic N) is 2. The zero-order valence-corrected chi connectivity index (χ0v) is 12.4. The van der Waals surface area contributed by atoms with E-state index in [4.69, 9.17) is 27.9 Å². The molecule has 1 aromatic heterocycles. The van der Waals surface area contributed by atoms with Crippen molar-refractivity contribution < 1.29 is 9.13 Å². The standard InChI is InChI=1S/C15H9Cl2FN2O/c1-21-9-3-5-10(12(18)7-9)15-19-13-6-8(16)2-4-11(13)14(17)20-15/h2-7H,1H3. The topological polar surface area (TPSA) is 35.0 Å². The fourth-order valence-electron chi connectivity index (χ4n) is 1.99. The molecule has 0 atom stereocenters. The number of rotatable bonds is 2. The number of hydrogen-bond donors (Lipinski definition) is 0. The lowest BCUT2D eigenvalue weighted by molar-refractivity contribution is 0.411. The first-order valence-corrected chi connectivity index (χ1v) is 6.81. The lowest BCUT2D eigenvalue weighted by Gasteiger charge is -2.07. The van der Waals surface area contributed by atoms with Crippen molar-refractivity contribution in [2.24, 2.45) is 0 Å². The van der Waals surface area contributed by atoms with Crippen LogP contribution in [0.5, 0.6) is 5.75 Å². The van der Waals surface area contributed by atoms with Crippen molar-refractivity contribution in [1.29, 1.82) is 0 Å². The third-order valence-corrected chi connectivity index (χ3v) is 3.55. The Kier molecular flexibility index (Phi) is 3.66. The number of aromatic nitrogens is 2. The van der Waals surface area contributed by atoms with Gasteiger partial charge >= 0.3 is 0 Å². The molecule has 3 rings (SSSR count). The second-order valence-electron chi connectivity index (χ2n) is 4.35. The highest BCUT2D eigenvalue weighted by Crippen LogP contribution is 2.29. The Morgan fingerprint density at radius 2 is 1.86 bits per heavy atom. The van der Waals surface area contributed by atoms with Gasteiger partial charge in [-0.05, 0) is 30.3 Å². The predicted octanol–water partition coefficient (Wildman–Crippen LogP) is 4.75. The van der Waals surface area contributed by atoms with Crippen molar-refractivity contribution in [1.82, 2.24) is 9.97 Å². The molecule has 0 aliphatic carbocycles. The van der Waals surface area contributed by atoms with Crippen molar-refractivity contribution in [3.8, 4) is 17.1 Å². The van der Waals surface area contributed by atoms with Gasteiger partial charge in [-0.15, -0.1) is 0 Å². The van der Waals surface area contributed by atoms with E-state index >= 15 is 0 Å². The Labute approximate surface area is 130 Å². The quantitative estimate of drug-likeness (QED) is 0.638. The number of halogens is 3. The molecule has 6 heteroatoms. The summed E-state index contributed by atoms with van der Waals surface area (Å²) >= 11 is 12.1. The second-order valence-corrected chi connectivity index (χ2v) is 5.14. The highest BCUT2D eigenvalue weighted by molar-refractivity contribution is 6.35. The zero-order valence-electron chi connectivity index (χ0n) is 10.9. The van der Waals surface area contributed by atoms with Gasteiger partial charge in [-0.25, -0.2) is 14.4 Å². The molecule has 0 unspecified atom stereocenters.